The van der Waals surface area contributed by atoms with E-state index in [2.05, 4.69) is 9.80 Å². The molecule has 3 aliphatic rings. The summed E-state index contributed by atoms with van der Waals surface area (Å²) >= 11 is 0. The van der Waals surface area contributed by atoms with Gasteiger partial charge in [0.1, 0.15) is 5.82 Å². The van der Waals surface area contributed by atoms with Gasteiger partial charge >= 0.3 is 0 Å². The molecule has 1 amide bonds. The molecule has 3 fully saturated rings. The van der Waals surface area contributed by atoms with Gasteiger partial charge in [-0.25, -0.2) is 4.39 Å². The summed E-state index contributed by atoms with van der Waals surface area (Å²) in [6.07, 6.45) is 8.21. The van der Waals surface area contributed by atoms with E-state index < -0.39 is 0 Å². The van der Waals surface area contributed by atoms with Crippen molar-refractivity contribution in [2.45, 2.75) is 51.5 Å². The van der Waals surface area contributed by atoms with E-state index >= 15 is 0 Å². The van der Waals surface area contributed by atoms with Gasteiger partial charge in [0.25, 0.3) is 0 Å². The minimum Gasteiger partial charge on any atom is -0.342 e. The van der Waals surface area contributed by atoms with Crippen LogP contribution in [0.15, 0.2) is 24.3 Å². The van der Waals surface area contributed by atoms with Crippen LogP contribution < -0.4 is 0 Å². The van der Waals surface area contributed by atoms with Gasteiger partial charge in [0, 0.05) is 25.6 Å². The first-order valence-corrected chi connectivity index (χ1v) is 9.89. The summed E-state index contributed by atoms with van der Waals surface area (Å²) in [5, 5.41) is 0. The summed E-state index contributed by atoms with van der Waals surface area (Å²) in [6.45, 7) is 4.94. The minimum atomic E-state index is -0.144. The largest absolute Gasteiger partial charge is 0.342 e. The number of hydrogen-bond acceptors (Lipinski definition) is 2. The Bertz CT molecular complexity index is 610. The van der Waals surface area contributed by atoms with E-state index in [1.165, 1.54) is 38.2 Å². The Hall–Kier alpha value is -1.42. The molecule has 2 aliphatic heterocycles. The molecule has 2 heterocycles. The standard InChI is InChI=1S/C21H29FN2O/c22-19-6-1-3-17(15-19)16-23-11-7-21(8-12-23)9-13-24(14-10-21)20(25)18-4-2-5-18/h1,3,6,15,18H,2,4-5,7-14,16H2. The van der Waals surface area contributed by atoms with E-state index in [0.717, 1.165) is 51.1 Å². The van der Waals surface area contributed by atoms with Crippen molar-refractivity contribution < 1.29 is 9.18 Å². The number of benzene rings is 1. The van der Waals surface area contributed by atoms with Crippen LogP contribution in [0.4, 0.5) is 4.39 Å². The van der Waals surface area contributed by atoms with Crippen molar-refractivity contribution in [2.24, 2.45) is 11.3 Å². The third-order valence-electron chi connectivity index (χ3n) is 6.80. The van der Waals surface area contributed by atoms with E-state index in [-0.39, 0.29) is 5.82 Å². The van der Waals surface area contributed by atoms with Gasteiger partial charge in [0.05, 0.1) is 0 Å². The van der Waals surface area contributed by atoms with Gasteiger partial charge in [-0.2, -0.15) is 0 Å². The molecule has 1 aromatic carbocycles. The maximum Gasteiger partial charge on any atom is 0.225 e. The lowest BCUT2D eigenvalue weighted by molar-refractivity contribution is -0.141. The minimum absolute atomic E-state index is 0.144. The molecule has 1 aliphatic carbocycles. The molecule has 0 radical (unpaired) electrons. The zero-order valence-corrected chi connectivity index (χ0v) is 15.1. The average Bonchev–Trinajstić information content (AvgIpc) is 2.56. The lowest BCUT2D eigenvalue weighted by atomic mass is 9.71. The van der Waals surface area contributed by atoms with E-state index in [0.29, 0.717) is 17.2 Å². The van der Waals surface area contributed by atoms with Gasteiger partial charge in [-0.05, 0) is 74.7 Å². The summed E-state index contributed by atoms with van der Waals surface area (Å²) in [5.41, 5.74) is 1.51. The number of hydrogen-bond donors (Lipinski definition) is 0. The summed E-state index contributed by atoms with van der Waals surface area (Å²) in [6, 6.07) is 6.96. The normalized spacial score (nSPS) is 24.3. The van der Waals surface area contributed by atoms with Crippen LogP contribution in [0, 0.1) is 17.2 Å². The maximum absolute atomic E-state index is 13.3. The van der Waals surface area contributed by atoms with E-state index in [9.17, 15) is 9.18 Å². The van der Waals surface area contributed by atoms with Gasteiger partial charge in [0.2, 0.25) is 5.91 Å². The summed E-state index contributed by atoms with van der Waals surface area (Å²) in [4.78, 5) is 17.0. The number of rotatable bonds is 3. The Morgan fingerprint density at radius 3 is 2.36 bits per heavy atom. The van der Waals surface area contributed by atoms with Crippen LogP contribution in [0.5, 0.6) is 0 Å². The average molecular weight is 344 g/mol. The number of likely N-dealkylation sites (tertiary alicyclic amines) is 2. The van der Waals surface area contributed by atoms with Crippen LogP contribution in [-0.4, -0.2) is 41.9 Å². The molecule has 0 bridgehead atoms. The first-order valence-electron chi connectivity index (χ1n) is 9.89. The van der Waals surface area contributed by atoms with Crippen molar-refractivity contribution in [1.29, 1.82) is 0 Å². The molecular weight excluding hydrogens is 315 g/mol. The molecule has 0 atom stereocenters. The van der Waals surface area contributed by atoms with Crippen molar-refractivity contribution >= 4 is 5.91 Å². The predicted octanol–water partition coefficient (Wildman–Crippen LogP) is 3.83. The summed E-state index contributed by atoms with van der Waals surface area (Å²) in [5.74, 6) is 0.612. The molecule has 1 spiro atoms. The van der Waals surface area contributed by atoms with Crippen LogP contribution in [0.2, 0.25) is 0 Å². The number of carbonyl (C=O) groups is 1. The molecule has 1 aromatic rings. The van der Waals surface area contributed by atoms with E-state index in [1.807, 2.05) is 6.07 Å². The highest BCUT2D eigenvalue weighted by Gasteiger charge is 2.40. The second kappa shape index (κ2) is 7.06. The van der Waals surface area contributed by atoms with E-state index in [4.69, 9.17) is 0 Å². The monoisotopic (exact) mass is 344 g/mol. The third-order valence-corrected chi connectivity index (χ3v) is 6.80. The smallest absolute Gasteiger partial charge is 0.225 e. The Balaban J connectivity index is 1.26. The zero-order valence-electron chi connectivity index (χ0n) is 15.1. The highest BCUT2D eigenvalue weighted by Crippen LogP contribution is 2.42. The lowest BCUT2D eigenvalue weighted by Gasteiger charge is -2.47. The molecule has 4 heteroatoms. The fourth-order valence-corrected chi connectivity index (χ4v) is 4.69. The first-order chi connectivity index (χ1) is 12.1. The topological polar surface area (TPSA) is 23.6 Å². The first kappa shape index (κ1) is 17.0. The van der Waals surface area contributed by atoms with Crippen LogP contribution in [0.1, 0.15) is 50.5 Å². The van der Waals surface area contributed by atoms with Crippen molar-refractivity contribution in [2.75, 3.05) is 26.2 Å². The van der Waals surface area contributed by atoms with Crippen molar-refractivity contribution in [3.05, 3.63) is 35.6 Å². The number of halogens is 1. The molecule has 2 saturated heterocycles. The molecular formula is C21H29FN2O. The van der Waals surface area contributed by atoms with E-state index in [1.54, 1.807) is 12.1 Å². The molecule has 0 aromatic heterocycles. The predicted molar refractivity (Wildman–Crippen MR) is 96.5 cm³/mol. The second-order valence-electron chi connectivity index (χ2n) is 8.36. The van der Waals surface area contributed by atoms with Crippen LogP contribution in [0.3, 0.4) is 0 Å². The highest BCUT2D eigenvalue weighted by molar-refractivity contribution is 5.79. The quantitative estimate of drug-likeness (QED) is 0.832. The van der Waals surface area contributed by atoms with Gasteiger partial charge in [0.15, 0.2) is 0 Å². The summed E-state index contributed by atoms with van der Waals surface area (Å²) < 4.78 is 13.3. The number of nitrogens with zero attached hydrogens (tertiary/aromatic N) is 2. The van der Waals surface area contributed by atoms with Crippen molar-refractivity contribution in [1.82, 2.24) is 9.80 Å². The van der Waals surface area contributed by atoms with Crippen LogP contribution in [0.25, 0.3) is 0 Å². The number of amides is 1. The maximum atomic E-state index is 13.3. The fourth-order valence-electron chi connectivity index (χ4n) is 4.69. The molecule has 1 saturated carbocycles. The molecule has 0 unspecified atom stereocenters. The molecule has 136 valence electrons. The lowest BCUT2D eigenvalue weighted by Crippen LogP contribution is -2.49. The van der Waals surface area contributed by atoms with Gasteiger partial charge < -0.3 is 4.90 Å². The SMILES string of the molecule is O=C(C1CCC1)N1CCC2(CCN(Cc3cccc(F)c3)CC2)CC1. The zero-order chi connectivity index (χ0) is 17.3. The van der Waals surface area contributed by atoms with Crippen LogP contribution in [-0.2, 0) is 11.3 Å². The van der Waals surface area contributed by atoms with Crippen molar-refractivity contribution in [3.63, 3.8) is 0 Å². The van der Waals surface area contributed by atoms with Gasteiger partial charge in [-0.1, -0.05) is 18.6 Å². The van der Waals surface area contributed by atoms with Crippen molar-refractivity contribution in [3.8, 4) is 0 Å². The Kier molecular flexibility index (Phi) is 4.81. The summed E-state index contributed by atoms with van der Waals surface area (Å²) in [7, 11) is 0. The second-order valence-corrected chi connectivity index (χ2v) is 8.36. The molecule has 3 nitrogen and oxygen atoms in total. The molecule has 4 rings (SSSR count). The fraction of sp³-hybridized carbons (Fsp3) is 0.667. The Morgan fingerprint density at radius 2 is 1.76 bits per heavy atom. The van der Waals surface area contributed by atoms with Gasteiger partial charge in [-0.15, -0.1) is 0 Å². The number of piperidine rings is 2. The molecule has 25 heavy (non-hydrogen) atoms. The van der Waals surface area contributed by atoms with Crippen LogP contribution >= 0.6 is 0 Å². The highest BCUT2D eigenvalue weighted by atomic mass is 19.1. The Morgan fingerprint density at radius 1 is 1.08 bits per heavy atom. The third kappa shape index (κ3) is 3.74. The van der Waals surface area contributed by atoms with Gasteiger partial charge in [-0.3, -0.25) is 9.69 Å². The molecule has 0 N–H and O–H groups in total. The Labute approximate surface area is 150 Å². The number of carbonyl (C=O) groups excluding carboxylic acids is 1.